The summed E-state index contributed by atoms with van der Waals surface area (Å²) in [4.78, 5) is 31.6. The van der Waals surface area contributed by atoms with Crippen LogP contribution >= 0.6 is 0 Å². The lowest BCUT2D eigenvalue weighted by molar-refractivity contribution is -0.135. The standard InChI is InChI=1S/C30H34N6O2/c1-5-22-17-32-29-23(7-6-8-25(29)33-22)24-15-21(16-31)30(34-28(24)20-9-10-20)35-12-13-36(26(18-35)19(2)3)27(37)11-14-38-4/h5-8,15,17,19-20,26H,1,9-14,18H2,2-4H3. The summed E-state index contributed by atoms with van der Waals surface area (Å²) in [6.45, 7) is 10.4. The fourth-order valence-electron chi connectivity index (χ4n) is 5.31. The van der Waals surface area contributed by atoms with Gasteiger partial charge in [-0.3, -0.25) is 9.78 Å². The molecule has 0 N–H and O–H groups in total. The minimum atomic E-state index is 0.0397. The maximum Gasteiger partial charge on any atom is 0.225 e. The third-order valence-electron chi connectivity index (χ3n) is 7.53. The zero-order valence-corrected chi connectivity index (χ0v) is 22.4. The molecule has 1 aromatic carbocycles. The molecule has 3 aromatic rings. The Labute approximate surface area is 224 Å². The van der Waals surface area contributed by atoms with Crippen LogP contribution in [0.15, 0.2) is 37.0 Å². The summed E-state index contributed by atoms with van der Waals surface area (Å²) < 4.78 is 5.13. The smallest absolute Gasteiger partial charge is 0.225 e. The van der Waals surface area contributed by atoms with E-state index >= 15 is 0 Å². The van der Waals surface area contributed by atoms with Gasteiger partial charge in [-0.1, -0.05) is 32.6 Å². The van der Waals surface area contributed by atoms with Crippen molar-refractivity contribution in [1.29, 1.82) is 5.26 Å². The Morgan fingerprint density at radius 3 is 2.76 bits per heavy atom. The van der Waals surface area contributed by atoms with Gasteiger partial charge >= 0.3 is 0 Å². The van der Waals surface area contributed by atoms with Gasteiger partial charge in [0.05, 0.1) is 53.3 Å². The van der Waals surface area contributed by atoms with Crippen LogP contribution in [0, 0.1) is 17.2 Å². The van der Waals surface area contributed by atoms with Crippen LogP contribution in [0.4, 0.5) is 5.82 Å². The van der Waals surface area contributed by atoms with Crippen molar-refractivity contribution < 1.29 is 9.53 Å². The monoisotopic (exact) mass is 510 g/mol. The van der Waals surface area contributed by atoms with Gasteiger partial charge in [-0.05, 0) is 37.0 Å². The second-order valence-electron chi connectivity index (χ2n) is 10.4. The number of ether oxygens (including phenoxy) is 1. The van der Waals surface area contributed by atoms with Crippen molar-refractivity contribution in [3.8, 4) is 17.2 Å². The molecule has 0 radical (unpaired) electrons. The molecule has 2 aliphatic rings. The number of carbonyl (C=O) groups is 1. The summed E-state index contributed by atoms with van der Waals surface area (Å²) in [6, 6.07) is 10.4. The molecule has 196 valence electrons. The SMILES string of the molecule is C=Cc1cnc2c(-c3cc(C#N)c(N4CCN(C(=O)CCOC)C(C(C)C)C4)nc3C3CC3)cccc2n1. The first kappa shape index (κ1) is 25.8. The first-order chi connectivity index (χ1) is 18.4. The van der Waals surface area contributed by atoms with Crippen molar-refractivity contribution >= 4 is 28.8 Å². The lowest BCUT2D eigenvalue weighted by Crippen LogP contribution is -2.57. The zero-order valence-electron chi connectivity index (χ0n) is 22.4. The van der Waals surface area contributed by atoms with Gasteiger partial charge in [-0.15, -0.1) is 0 Å². The summed E-state index contributed by atoms with van der Waals surface area (Å²) >= 11 is 0. The lowest BCUT2D eigenvalue weighted by atomic mass is 9.96. The Morgan fingerprint density at radius 2 is 2.08 bits per heavy atom. The van der Waals surface area contributed by atoms with Crippen LogP contribution < -0.4 is 4.90 Å². The third kappa shape index (κ3) is 4.99. The van der Waals surface area contributed by atoms with Gasteiger partial charge in [0, 0.05) is 43.8 Å². The normalized spacial score (nSPS) is 17.6. The molecule has 1 saturated heterocycles. The maximum atomic E-state index is 12.9. The number of benzene rings is 1. The van der Waals surface area contributed by atoms with E-state index in [0.717, 1.165) is 46.4 Å². The van der Waals surface area contributed by atoms with E-state index in [1.54, 1.807) is 19.4 Å². The topological polar surface area (TPSA) is 95.2 Å². The van der Waals surface area contributed by atoms with Crippen LogP contribution in [-0.2, 0) is 9.53 Å². The van der Waals surface area contributed by atoms with Gasteiger partial charge in [0.1, 0.15) is 11.9 Å². The van der Waals surface area contributed by atoms with Crippen LogP contribution in [0.5, 0.6) is 0 Å². The number of nitriles is 1. The van der Waals surface area contributed by atoms with E-state index in [1.165, 1.54) is 0 Å². The molecule has 2 aromatic heterocycles. The van der Waals surface area contributed by atoms with Crippen LogP contribution in [0.1, 0.15) is 56.0 Å². The molecule has 38 heavy (non-hydrogen) atoms. The van der Waals surface area contributed by atoms with Gasteiger partial charge in [-0.25, -0.2) is 9.97 Å². The molecule has 3 heterocycles. The molecule has 1 aliphatic carbocycles. The fourth-order valence-corrected chi connectivity index (χ4v) is 5.31. The van der Waals surface area contributed by atoms with E-state index in [2.05, 4.69) is 36.4 Å². The number of anilines is 1. The molecule has 1 unspecified atom stereocenters. The number of nitrogens with zero attached hydrogens (tertiary/aromatic N) is 6. The van der Waals surface area contributed by atoms with Crippen molar-refractivity contribution in [3.05, 3.63) is 54.0 Å². The lowest BCUT2D eigenvalue weighted by Gasteiger charge is -2.44. The number of carbonyl (C=O) groups excluding carboxylic acids is 1. The predicted octanol–water partition coefficient (Wildman–Crippen LogP) is 4.79. The highest BCUT2D eigenvalue weighted by atomic mass is 16.5. The molecule has 1 aliphatic heterocycles. The Bertz CT molecular complexity index is 1410. The highest BCUT2D eigenvalue weighted by Gasteiger charge is 2.35. The largest absolute Gasteiger partial charge is 0.384 e. The number of para-hydroxylation sites is 1. The van der Waals surface area contributed by atoms with Crippen LogP contribution in [-0.4, -0.2) is 65.2 Å². The number of amides is 1. The van der Waals surface area contributed by atoms with Crippen molar-refractivity contribution in [2.24, 2.45) is 5.92 Å². The minimum Gasteiger partial charge on any atom is -0.384 e. The number of pyridine rings is 1. The number of methoxy groups -OCH3 is 1. The van der Waals surface area contributed by atoms with Gasteiger partial charge in [-0.2, -0.15) is 5.26 Å². The van der Waals surface area contributed by atoms with E-state index in [9.17, 15) is 10.1 Å². The molecular weight excluding hydrogens is 476 g/mol. The Kier molecular flexibility index (Phi) is 7.39. The number of rotatable bonds is 8. The summed E-state index contributed by atoms with van der Waals surface area (Å²) in [6.07, 6.45) is 5.96. The van der Waals surface area contributed by atoms with E-state index in [1.807, 2.05) is 29.2 Å². The van der Waals surface area contributed by atoms with E-state index in [0.29, 0.717) is 50.0 Å². The molecule has 8 nitrogen and oxygen atoms in total. The highest BCUT2D eigenvalue weighted by Crippen LogP contribution is 2.46. The first-order valence-corrected chi connectivity index (χ1v) is 13.3. The van der Waals surface area contributed by atoms with Crippen molar-refractivity contribution in [2.45, 2.75) is 45.1 Å². The summed E-state index contributed by atoms with van der Waals surface area (Å²) in [5.41, 5.74) is 5.76. The molecule has 1 amide bonds. The molecule has 0 bridgehead atoms. The average Bonchev–Trinajstić information content (AvgIpc) is 3.79. The highest BCUT2D eigenvalue weighted by molar-refractivity contribution is 5.93. The van der Waals surface area contributed by atoms with Crippen molar-refractivity contribution in [1.82, 2.24) is 19.9 Å². The number of piperazine rings is 1. The van der Waals surface area contributed by atoms with Gasteiger partial charge in [0.25, 0.3) is 0 Å². The minimum absolute atomic E-state index is 0.0397. The Morgan fingerprint density at radius 1 is 1.26 bits per heavy atom. The van der Waals surface area contributed by atoms with Crippen LogP contribution in [0.25, 0.3) is 28.2 Å². The number of hydrogen-bond acceptors (Lipinski definition) is 7. The summed E-state index contributed by atoms with van der Waals surface area (Å²) in [5.74, 6) is 1.47. The summed E-state index contributed by atoms with van der Waals surface area (Å²) in [5, 5.41) is 10.2. The van der Waals surface area contributed by atoms with Gasteiger partial charge in [0.2, 0.25) is 5.91 Å². The number of fused-ring (bicyclic) bond motifs is 1. The molecule has 1 atom stereocenters. The van der Waals surface area contributed by atoms with Gasteiger partial charge < -0.3 is 14.5 Å². The van der Waals surface area contributed by atoms with E-state index < -0.39 is 0 Å². The Hall–Kier alpha value is -3.83. The average molecular weight is 511 g/mol. The van der Waals surface area contributed by atoms with Crippen LogP contribution in [0.3, 0.4) is 0 Å². The number of hydrogen-bond donors (Lipinski definition) is 0. The van der Waals surface area contributed by atoms with Crippen molar-refractivity contribution in [3.63, 3.8) is 0 Å². The van der Waals surface area contributed by atoms with E-state index in [4.69, 9.17) is 14.7 Å². The maximum absolute atomic E-state index is 12.9. The van der Waals surface area contributed by atoms with Crippen molar-refractivity contribution in [2.75, 3.05) is 38.3 Å². The number of aromatic nitrogens is 3. The second-order valence-corrected chi connectivity index (χ2v) is 10.4. The summed E-state index contributed by atoms with van der Waals surface area (Å²) in [7, 11) is 1.62. The fraction of sp³-hybridized carbons (Fsp3) is 0.433. The molecule has 8 heteroatoms. The van der Waals surface area contributed by atoms with Gasteiger partial charge in [0.15, 0.2) is 0 Å². The van der Waals surface area contributed by atoms with Crippen LogP contribution in [0.2, 0.25) is 0 Å². The molecule has 1 saturated carbocycles. The molecule has 5 rings (SSSR count). The molecular formula is C30H34N6O2. The zero-order chi connectivity index (χ0) is 26.8. The Balaban J connectivity index is 1.54. The van der Waals surface area contributed by atoms with E-state index in [-0.39, 0.29) is 17.9 Å². The first-order valence-electron chi connectivity index (χ1n) is 13.3. The third-order valence-corrected chi connectivity index (χ3v) is 7.53. The molecule has 0 spiro atoms. The second kappa shape index (κ2) is 10.9. The quantitative estimate of drug-likeness (QED) is 0.430. The molecule has 2 fully saturated rings. The predicted molar refractivity (Wildman–Crippen MR) is 149 cm³/mol.